The lowest BCUT2D eigenvalue weighted by atomic mass is 10.1. The van der Waals surface area contributed by atoms with E-state index in [2.05, 4.69) is 4.98 Å². The quantitative estimate of drug-likeness (QED) is 0.901. The molecule has 1 aromatic rings. The Labute approximate surface area is 120 Å². The summed E-state index contributed by atoms with van der Waals surface area (Å²) < 4.78 is 0. The number of nitrogens with zero attached hydrogens (tertiary/aromatic N) is 2. The topological polar surface area (TPSA) is 59.2 Å². The van der Waals surface area contributed by atoms with Crippen LogP contribution < -0.4 is 5.73 Å². The first-order valence-corrected chi connectivity index (χ1v) is 5.63. The number of aromatic nitrogens is 1. The molecule has 0 spiro atoms. The monoisotopic (exact) mass is 291 g/mol. The Bertz CT molecular complexity index is 401. The highest BCUT2D eigenvalue weighted by Gasteiger charge is 2.26. The van der Waals surface area contributed by atoms with Crippen molar-refractivity contribution in [3.05, 3.63) is 29.6 Å². The summed E-state index contributed by atoms with van der Waals surface area (Å²) >= 11 is 0. The van der Waals surface area contributed by atoms with Crippen LogP contribution in [0.5, 0.6) is 0 Å². The summed E-state index contributed by atoms with van der Waals surface area (Å²) in [5.41, 5.74) is 7.12. The van der Waals surface area contributed by atoms with Gasteiger partial charge in [0.2, 0.25) is 0 Å². The van der Waals surface area contributed by atoms with Crippen LogP contribution in [0.3, 0.4) is 0 Å². The molecule has 1 aromatic heterocycles. The average molecular weight is 292 g/mol. The summed E-state index contributed by atoms with van der Waals surface area (Å²) in [7, 11) is 0. The minimum Gasteiger partial charge on any atom is -0.338 e. The van der Waals surface area contributed by atoms with Crippen LogP contribution >= 0.6 is 24.8 Å². The van der Waals surface area contributed by atoms with E-state index in [-0.39, 0.29) is 30.7 Å². The van der Waals surface area contributed by atoms with E-state index < -0.39 is 0 Å². The van der Waals surface area contributed by atoms with Gasteiger partial charge in [0, 0.05) is 25.0 Å². The Morgan fingerprint density at radius 2 is 2.28 bits per heavy atom. The van der Waals surface area contributed by atoms with Crippen LogP contribution in [0.4, 0.5) is 0 Å². The third-order valence-corrected chi connectivity index (χ3v) is 3.14. The predicted octanol–water partition coefficient (Wildman–Crippen LogP) is 1.65. The molecule has 0 bridgehead atoms. The van der Waals surface area contributed by atoms with Crippen molar-refractivity contribution in [2.45, 2.75) is 13.3 Å². The van der Waals surface area contributed by atoms with Gasteiger partial charge in [-0.05, 0) is 37.9 Å². The fourth-order valence-electron chi connectivity index (χ4n) is 2.09. The third-order valence-electron chi connectivity index (χ3n) is 3.14. The second kappa shape index (κ2) is 7.56. The molecule has 1 atom stereocenters. The molecule has 2 heterocycles. The van der Waals surface area contributed by atoms with Gasteiger partial charge in [-0.3, -0.25) is 9.78 Å². The van der Waals surface area contributed by atoms with Crippen LogP contribution in [0.1, 0.15) is 22.5 Å². The molecule has 2 rings (SSSR count). The van der Waals surface area contributed by atoms with Crippen molar-refractivity contribution in [3.63, 3.8) is 0 Å². The van der Waals surface area contributed by atoms with E-state index in [4.69, 9.17) is 5.73 Å². The molecule has 102 valence electrons. The highest BCUT2D eigenvalue weighted by atomic mass is 35.5. The van der Waals surface area contributed by atoms with Crippen molar-refractivity contribution in [2.75, 3.05) is 19.6 Å². The summed E-state index contributed by atoms with van der Waals surface area (Å²) in [5, 5.41) is 0. The second-order valence-corrected chi connectivity index (χ2v) is 4.28. The number of rotatable bonds is 2. The second-order valence-electron chi connectivity index (χ2n) is 4.28. The van der Waals surface area contributed by atoms with Crippen LogP contribution in [-0.2, 0) is 0 Å². The predicted molar refractivity (Wildman–Crippen MR) is 76.5 cm³/mol. The van der Waals surface area contributed by atoms with Crippen LogP contribution in [0.2, 0.25) is 0 Å². The lowest BCUT2D eigenvalue weighted by Crippen LogP contribution is -2.30. The minimum atomic E-state index is 0. The molecule has 1 aliphatic rings. The molecule has 1 amide bonds. The highest BCUT2D eigenvalue weighted by Crippen LogP contribution is 2.18. The molecule has 1 aliphatic heterocycles. The SMILES string of the molecule is Cc1ncccc1C(=O)N1CCC(CN)C1.Cl.Cl. The summed E-state index contributed by atoms with van der Waals surface area (Å²) in [5.74, 6) is 0.544. The molecule has 0 radical (unpaired) electrons. The van der Waals surface area contributed by atoms with Crippen molar-refractivity contribution < 1.29 is 4.79 Å². The Kier molecular flexibility index (Phi) is 7.21. The zero-order valence-electron chi connectivity index (χ0n) is 10.3. The maximum Gasteiger partial charge on any atom is 0.255 e. The van der Waals surface area contributed by atoms with Gasteiger partial charge in [-0.25, -0.2) is 0 Å². The average Bonchev–Trinajstić information content (AvgIpc) is 2.77. The smallest absolute Gasteiger partial charge is 0.255 e. The summed E-state index contributed by atoms with van der Waals surface area (Å²) in [6, 6.07) is 3.64. The van der Waals surface area contributed by atoms with Crippen molar-refractivity contribution in [2.24, 2.45) is 11.7 Å². The zero-order chi connectivity index (χ0) is 11.5. The molecule has 1 saturated heterocycles. The van der Waals surface area contributed by atoms with Crippen molar-refractivity contribution in [1.82, 2.24) is 9.88 Å². The first kappa shape index (κ1) is 17.2. The lowest BCUT2D eigenvalue weighted by molar-refractivity contribution is 0.0786. The standard InChI is InChI=1S/C12H17N3O.2ClH/c1-9-11(3-2-5-14-9)12(16)15-6-4-10(7-13)8-15;;/h2-3,5,10H,4,6-8,13H2,1H3;2*1H. The number of likely N-dealkylation sites (tertiary alicyclic amines) is 1. The van der Waals surface area contributed by atoms with Crippen molar-refractivity contribution in [1.29, 1.82) is 0 Å². The molecule has 1 fully saturated rings. The van der Waals surface area contributed by atoms with Crippen LogP contribution in [0, 0.1) is 12.8 Å². The Morgan fingerprint density at radius 1 is 1.56 bits per heavy atom. The normalized spacial score (nSPS) is 17.9. The van der Waals surface area contributed by atoms with Gasteiger partial charge in [-0.2, -0.15) is 0 Å². The van der Waals surface area contributed by atoms with E-state index in [0.29, 0.717) is 18.0 Å². The van der Waals surface area contributed by atoms with Crippen LogP contribution in [0.15, 0.2) is 18.3 Å². The van der Waals surface area contributed by atoms with E-state index in [1.165, 1.54) is 0 Å². The Hall–Kier alpha value is -0.840. The molecule has 0 aromatic carbocycles. The number of hydrogen-bond donors (Lipinski definition) is 1. The fourth-order valence-corrected chi connectivity index (χ4v) is 2.09. The molecule has 4 nitrogen and oxygen atoms in total. The molecule has 0 saturated carbocycles. The van der Waals surface area contributed by atoms with Gasteiger partial charge in [0.25, 0.3) is 5.91 Å². The molecular weight excluding hydrogens is 273 g/mol. The molecule has 18 heavy (non-hydrogen) atoms. The van der Waals surface area contributed by atoms with Gasteiger partial charge < -0.3 is 10.6 Å². The number of carbonyl (C=O) groups excluding carboxylic acids is 1. The maximum atomic E-state index is 12.2. The number of hydrogen-bond acceptors (Lipinski definition) is 3. The van der Waals surface area contributed by atoms with Gasteiger partial charge in [-0.15, -0.1) is 24.8 Å². The highest BCUT2D eigenvalue weighted by molar-refractivity contribution is 5.95. The lowest BCUT2D eigenvalue weighted by Gasteiger charge is -2.17. The fraction of sp³-hybridized carbons (Fsp3) is 0.500. The van der Waals surface area contributed by atoms with Crippen molar-refractivity contribution >= 4 is 30.7 Å². The number of amides is 1. The van der Waals surface area contributed by atoms with E-state index >= 15 is 0 Å². The third kappa shape index (κ3) is 3.57. The molecule has 0 aliphatic carbocycles. The number of aryl methyl sites for hydroxylation is 1. The number of carbonyl (C=O) groups is 1. The van der Waals surface area contributed by atoms with Gasteiger partial charge in [0.1, 0.15) is 0 Å². The van der Waals surface area contributed by atoms with Crippen LogP contribution in [-0.4, -0.2) is 35.4 Å². The largest absolute Gasteiger partial charge is 0.338 e. The summed E-state index contributed by atoms with van der Waals surface area (Å²) in [6.45, 7) is 4.12. The van der Waals surface area contributed by atoms with E-state index in [1.54, 1.807) is 12.3 Å². The first-order valence-electron chi connectivity index (χ1n) is 5.63. The first-order chi connectivity index (χ1) is 7.72. The Balaban J connectivity index is 0.00000144. The van der Waals surface area contributed by atoms with E-state index in [9.17, 15) is 4.79 Å². The Morgan fingerprint density at radius 3 is 2.83 bits per heavy atom. The van der Waals surface area contributed by atoms with Gasteiger partial charge in [0.15, 0.2) is 0 Å². The maximum absolute atomic E-state index is 12.2. The van der Waals surface area contributed by atoms with Gasteiger partial charge >= 0.3 is 0 Å². The molecule has 6 heteroatoms. The number of nitrogens with two attached hydrogens (primary N) is 1. The minimum absolute atomic E-state index is 0. The van der Waals surface area contributed by atoms with Crippen molar-refractivity contribution in [3.8, 4) is 0 Å². The zero-order valence-corrected chi connectivity index (χ0v) is 12.0. The number of pyridine rings is 1. The number of halogens is 2. The van der Waals surface area contributed by atoms with Gasteiger partial charge in [-0.1, -0.05) is 0 Å². The molecular formula is C12H19Cl2N3O. The van der Waals surface area contributed by atoms with Crippen LogP contribution in [0.25, 0.3) is 0 Å². The van der Waals surface area contributed by atoms with E-state index in [1.807, 2.05) is 17.9 Å². The molecule has 2 N–H and O–H groups in total. The summed E-state index contributed by atoms with van der Waals surface area (Å²) in [4.78, 5) is 18.2. The van der Waals surface area contributed by atoms with E-state index in [0.717, 1.165) is 25.2 Å². The van der Waals surface area contributed by atoms with Gasteiger partial charge in [0.05, 0.1) is 5.56 Å². The summed E-state index contributed by atoms with van der Waals surface area (Å²) in [6.07, 6.45) is 2.72. The molecule has 1 unspecified atom stereocenters.